The van der Waals surface area contributed by atoms with Gasteiger partial charge < -0.3 is 10.1 Å². The van der Waals surface area contributed by atoms with Crippen LogP contribution in [-0.2, 0) is 11.2 Å². The summed E-state index contributed by atoms with van der Waals surface area (Å²) in [6, 6.07) is 5.81. The minimum Gasteiger partial charge on any atom is -0.476 e. The van der Waals surface area contributed by atoms with E-state index in [4.69, 9.17) is 21.3 Å². The quantitative estimate of drug-likeness (QED) is 0.906. The summed E-state index contributed by atoms with van der Waals surface area (Å²) < 4.78 is 6.04. The first-order chi connectivity index (χ1) is 11.2. The summed E-state index contributed by atoms with van der Waals surface area (Å²) in [6.07, 6.45) is 2.79. The van der Waals surface area contributed by atoms with Crippen molar-refractivity contribution >= 4 is 35.1 Å². The Bertz CT molecular complexity index is 709. The zero-order chi connectivity index (χ0) is 15.8. The minimum atomic E-state index is 0.234. The van der Waals surface area contributed by atoms with Crippen molar-refractivity contribution in [3.63, 3.8) is 0 Å². The van der Waals surface area contributed by atoms with Gasteiger partial charge in [0.25, 0.3) is 0 Å². The van der Waals surface area contributed by atoms with Gasteiger partial charge in [0.2, 0.25) is 5.90 Å². The molecule has 0 saturated carbocycles. The molecule has 0 radical (unpaired) electrons. The number of nitrogens with zero attached hydrogens (tertiary/aromatic N) is 3. The fraction of sp³-hybridized carbons (Fsp3) is 0.471. The molecule has 3 aliphatic heterocycles. The monoisotopic (exact) mass is 330 g/mol. The van der Waals surface area contributed by atoms with Gasteiger partial charge in [0.15, 0.2) is 0 Å². The molecule has 1 fully saturated rings. The number of halogens is 1. The number of rotatable bonds is 2. The van der Waals surface area contributed by atoms with Crippen molar-refractivity contribution in [2.24, 2.45) is 32.9 Å². The largest absolute Gasteiger partial charge is 0.476 e. The Balaban J connectivity index is 1.72. The summed E-state index contributed by atoms with van der Waals surface area (Å²) in [5, 5.41) is 12.5. The van der Waals surface area contributed by atoms with Gasteiger partial charge in [-0.3, -0.25) is 0 Å². The maximum Gasteiger partial charge on any atom is 0.238 e. The number of aliphatic imine (C=N–C) groups is 1. The van der Waals surface area contributed by atoms with Crippen LogP contribution in [0.4, 0.5) is 5.69 Å². The van der Waals surface area contributed by atoms with Crippen molar-refractivity contribution in [3.05, 3.63) is 28.8 Å². The first kappa shape index (κ1) is 14.8. The topological polar surface area (TPSA) is 58.3 Å². The Morgan fingerprint density at radius 2 is 2.22 bits per heavy atom. The molecule has 5 nitrogen and oxygen atoms in total. The second-order valence-electron chi connectivity index (χ2n) is 6.43. The maximum atomic E-state index is 6.16. The van der Waals surface area contributed by atoms with Crippen molar-refractivity contribution in [2.75, 3.05) is 19.7 Å². The lowest BCUT2D eigenvalue weighted by Gasteiger charge is -2.30. The van der Waals surface area contributed by atoms with E-state index in [9.17, 15) is 0 Å². The normalized spacial score (nSPS) is 26.3. The van der Waals surface area contributed by atoms with E-state index in [0.29, 0.717) is 24.3 Å². The first-order valence-corrected chi connectivity index (χ1v) is 8.40. The molecule has 23 heavy (non-hydrogen) atoms. The highest BCUT2D eigenvalue weighted by Crippen LogP contribution is 2.32. The zero-order valence-electron chi connectivity index (χ0n) is 13.0. The number of ether oxygens (including phenoxy) is 1. The van der Waals surface area contributed by atoms with Crippen LogP contribution in [-0.4, -0.2) is 37.5 Å². The van der Waals surface area contributed by atoms with Gasteiger partial charge in [-0.2, -0.15) is 5.10 Å². The van der Waals surface area contributed by atoms with Gasteiger partial charge in [-0.05, 0) is 30.2 Å². The van der Waals surface area contributed by atoms with E-state index in [1.165, 1.54) is 0 Å². The summed E-state index contributed by atoms with van der Waals surface area (Å²) >= 11 is 6.16. The first-order valence-electron chi connectivity index (χ1n) is 8.03. The molecule has 6 heteroatoms. The third-order valence-electron chi connectivity index (χ3n) is 4.76. The SMILES string of the molecule is CC1C2=NN=CC1Cc1cc(Cl)ccc1N=C2OCC1CNC1. The fourth-order valence-corrected chi connectivity index (χ4v) is 3.28. The molecule has 1 aromatic carbocycles. The number of nitrogens with one attached hydrogen (secondary N) is 1. The van der Waals surface area contributed by atoms with Crippen LogP contribution < -0.4 is 5.32 Å². The molecular weight excluding hydrogens is 312 g/mol. The van der Waals surface area contributed by atoms with E-state index in [2.05, 4.69) is 22.4 Å². The maximum absolute atomic E-state index is 6.16. The van der Waals surface area contributed by atoms with E-state index in [0.717, 1.165) is 41.5 Å². The Kier molecular flexibility index (Phi) is 3.91. The van der Waals surface area contributed by atoms with Gasteiger partial charge in [-0.15, -0.1) is 5.10 Å². The summed E-state index contributed by atoms with van der Waals surface area (Å²) in [5.41, 5.74) is 2.90. The van der Waals surface area contributed by atoms with Gasteiger partial charge in [-0.25, -0.2) is 4.99 Å². The van der Waals surface area contributed by atoms with Crippen molar-refractivity contribution in [3.8, 4) is 0 Å². The van der Waals surface area contributed by atoms with Gasteiger partial charge in [0, 0.05) is 42.1 Å². The summed E-state index contributed by atoms with van der Waals surface area (Å²) in [5.74, 6) is 1.68. The third kappa shape index (κ3) is 2.91. The summed E-state index contributed by atoms with van der Waals surface area (Å²) in [6.45, 7) is 4.83. The van der Waals surface area contributed by atoms with Crippen LogP contribution in [0.15, 0.2) is 33.4 Å². The molecule has 0 spiro atoms. The molecular formula is C17H19ClN4O. The molecule has 2 unspecified atom stereocenters. The number of hydrogen-bond acceptors (Lipinski definition) is 5. The van der Waals surface area contributed by atoms with Crippen LogP contribution in [0.2, 0.25) is 5.02 Å². The molecule has 2 atom stereocenters. The van der Waals surface area contributed by atoms with Gasteiger partial charge >= 0.3 is 0 Å². The van der Waals surface area contributed by atoms with Gasteiger partial charge in [-0.1, -0.05) is 18.5 Å². The van der Waals surface area contributed by atoms with Crippen LogP contribution in [0, 0.1) is 17.8 Å². The van der Waals surface area contributed by atoms with E-state index in [1.807, 2.05) is 24.4 Å². The molecule has 0 aromatic heterocycles. The van der Waals surface area contributed by atoms with Crippen molar-refractivity contribution in [1.82, 2.24) is 5.32 Å². The predicted octanol–water partition coefficient (Wildman–Crippen LogP) is 2.85. The Morgan fingerprint density at radius 1 is 1.35 bits per heavy atom. The van der Waals surface area contributed by atoms with Crippen LogP contribution in [0.3, 0.4) is 0 Å². The standard InChI is InChI=1S/C17H19ClN4O/c1-10-13-4-12-5-14(18)2-3-15(12)21-17(16(10)22-20-8-13)23-9-11-6-19-7-11/h2-3,5,8,10-11,13,19H,4,6-7,9H2,1H3. The van der Waals surface area contributed by atoms with E-state index in [-0.39, 0.29) is 5.92 Å². The molecule has 120 valence electrons. The third-order valence-corrected chi connectivity index (χ3v) is 4.99. The Hall–Kier alpha value is -1.72. The highest BCUT2D eigenvalue weighted by molar-refractivity contribution is 6.40. The van der Waals surface area contributed by atoms with Crippen LogP contribution in [0.25, 0.3) is 0 Å². The van der Waals surface area contributed by atoms with Crippen molar-refractivity contribution in [2.45, 2.75) is 13.3 Å². The van der Waals surface area contributed by atoms with Gasteiger partial charge in [0.05, 0.1) is 12.3 Å². The highest BCUT2D eigenvalue weighted by atomic mass is 35.5. The van der Waals surface area contributed by atoms with Gasteiger partial charge in [0.1, 0.15) is 5.71 Å². The van der Waals surface area contributed by atoms with Crippen molar-refractivity contribution < 1.29 is 4.74 Å². The average Bonchev–Trinajstić information content (AvgIpc) is 2.49. The molecule has 2 bridgehead atoms. The predicted molar refractivity (Wildman–Crippen MR) is 93.1 cm³/mol. The smallest absolute Gasteiger partial charge is 0.238 e. The molecule has 3 heterocycles. The number of fused-ring (bicyclic) bond motifs is 3. The van der Waals surface area contributed by atoms with E-state index >= 15 is 0 Å². The molecule has 3 aliphatic rings. The molecule has 4 rings (SSSR count). The lowest BCUT2D eigenvalue weighted by molar-refractivity contribution is 0.192. The Morgan fingerprint density at radius 3 is 3.00 bits per heavy atom. The second kappa shape index (κ2) is 6.06. The van der Waals surface area contributed by atoms with Crippen LogP contribution in [0.1, 0.15) is 12.5 Å². The summed E-state index contributed by atoms with van der Waals surface area (Å²) in [4.78, 5) is 4.75. The second-order valence-corrected chi connectivity index (χ2v) is 6.87. The zero-order valence-corrected chi connectivity index (χ0v) is 13.8. The molecule has 0 amide bonds. The molecule has 1 aromatic rings. The lowest BCUT2D eigenvalue weighted by atomic mass is 9.83. The van der Waals surface area contributed by atoms with Crippen molar-refractivity contribution in [1.29, 1.82) is 0 Å². The van der Waals surface area contributed by atoms with Crippen LogP contribution >= 0.6 is 11.6 Å². The summed E-state index contributed by atoms with van der Waals surface area (Å²) in [7, 11) is 0. The lowest BCUT2D eigenvalue weighted by Crippen LogP contribution is -2.45. The minimum absolute atomic E-state index is 0.234. The molecule has 0 aliphatic carbocycles. The number of benzene rings is 1. The Labute approximate surface area is 140 Å². The highest BCUT2D eigenvalue weighted by Gasteiger charge is 2.32. The van der Waals surface area contributed by atoms with Crippen LogP contribution in [0.5, 0.6) is 0 Å². The molecule has 1 saturated heterocycles. The fourth-order valence-electron chi connectivity index (χ4n) is 3.09. The van der Waals surface area contributed by atoms with E-state index < -0.39 is 0 Å². The van der Waals surface area contributed by atoms with E-state index in [1.54, 1.807) is 0 Å². The number of hydrogen-bond donors (Lipinski definition) is 1. The molecule has 1 N–H and O–H groups in total. The average molecular weight is 331 g/mol.